The second-order valence-corrected chi connectivity index (χ2v) is 5.50. The van der Waals surface area contributed by atoms with E-state index in [1.165, 1.54) is 44.1 Å². The minimum atomic E-state index is 0.690. The number of nitrogens with one attached hydrogen (secondary N) is 1. The highest BCUT2D eigenvalue weighted by molar-refractivity contribution is 5.03. The van der Waals surface area contributed by atoms with Crippen LogP contribution in [-0.2, 0) is 13.1 Å². The first kappa shape index (κ1) is 13.6. The maximum Gasteiger partial charge on any atom is 0.0534 e. The average molecular weight is 249 g/mol. The van der Waals surface area contributed by atoms with Gasteiger partial charge in [0.2, 0.25) is 0 Å². The lowest BCUT2D eigenvalue weighted by molar-refractivity contribution is 0.261. The SMILES string of the molecule is CCC(NCc1cnn(CC)c1)C1CCCCC1. The largest absolute Gasteiger partial charge is 0.310 e. The van der Waals surface area contributed by atoms with E-state index in [0.717, 1.165) is 19.0 Å². The highest BCUT2D eigenvalue weighted by atomic mass is 15.3. The zero-order valence-electron chi connectivity index (χ0n) is 11.9. The molecule has 2 rings (SSSR count). The van der Waals surface area contributed by atoms with Crippen LogP contribution in [0.1, 0.15) is 57.9 Å². The van der Waals surface area contributed by atoms with Crippen molar-refractivity contribution < 1.29 is 0 Å². The van der Waals surface area contributed by atoms with E-state index in [-0.39, 0.29) is 0 Å². The number of nitrogens with zero attached hydrogens (tertiary/aromatic N) is 2. The van der Waals surface area contributed by atoms with E-state index in [1.807, 2.05) is 10.9 Å². The van der Waals surface area contributed by atoms with Gasteiger partial charge in [-0.25, -0.2) is 0 Å². The Hall–Kier alpha value is -0.830. The summed E-state index contributed by atoms with van der Waals surface area (Å²) in [5.41, 5.74) is 1.31. The van der Waals surface area contributed by atoms with Crippen molar-refractivity contribution in [1.82, 2.24) is 15.1 Å². The molecule has 0 aromatic carbocycles. The summed E-state index contributed by atoms with van der Waals surface area (Å²) in [5.74, 6) is 0.893. The molecule has 1 atom stereocenters. The van der Waals surface area contributed by atoms with Gasteiger partial charge in [-0.15, -0.1) is 0 Å². The first-order chi connectivity index (χ1) is 8.83. The van der Waals surface area contributed by atoms with Crippen LogP contribution in [0.3, 0.4) is 0 Å². The van der Waals surface area contributed by atoms with E-state index in [2.05, 4.69) is 30.5 Å². The fourth-order valence-electron chi connectivity index (χ4n) is 3.10. The predicted octanol–water partition coefficient (Wildman–Crippen LogP) is 3.35. The molecule has 1 aromatic rings. The molecule has 0 spiro atoms. The van der Waals surface area contributed by atoms with Gasteiger partial charge in [0.1, 0.15) is 0 Å². The third-order valence-electron chi connectivity index (χ3n) is 4.24. The van der Waals surface area contributed by atoms with Crippen LogP contribution in [0, 0.1) is 5.92 Å². The molecular weight excluding hydrogens is 222 g/mol. The van der Waals surface area contributed by atoms with Crippen molar-refractivity contribution in [1.29, 1.82) is 0 Å². The Morgan fingerprint density at radius 2 is 2.11 bits per heavy atom. The third kappa shape index (κ3) is 3.58. The summed E-state index contributed by atoms with van der Waals surface area (Å²) in [6.45, 7) is 6.36. The number of hydrogen-bond donors (Lipinski definition) is 1. The molecule has 1 unspecified atom stereocenters. The predicted molar refractivity (Wildman–Crippen MR) is 75.4 cm³/mol. The minimum Gasteiger partial charge on any atom is -0.310 e. The summed E-state index contributed by atoms with van der Waals surface area (Å²) in [6.07, 6.45) is 12.5. The molecule has 1 aliphatic carbocycles. The van der Waals surface area contributed by atoms with Gasteiger partial charge in [0.25, 0.3) is 0 Å². The maximum absolute atomic E-state index is 4.33. The van der Waals surface area contributed by atoms with Crippen molar-refractivity contribution in [2.75, 3.05) is 0 Å². The van der Waals surface area contributed by atoms with Crippen molar-refractivity contribution >= 4 is 0 Å². The molecule has 18 heavy (non-hydrogen) atoms. The first-order valence-corrected chi connectivity index (χ1v) is 7.58. The smallest absolute Gasteiger partial charge is 0.0534 e. The van der Waals surface area contributed by atoms with E-state index < -0.39 is 0 Å². The van der Waals surface area contributed by atoms with Crippen molar-refractivity contribution in [2.24, 2.45) is 5.92 Å². The third-order valence-corrected chi connectivity index (χ3v) is 4.24. The maximum atomic E-state index is 4.33. The van der Waals surface area contributed by atoms with Gasteiger partial charge in [-0.3, -0.25) is 4.68 Å². The molecule has 0 saturated heterocycles. The first-order valence-electron chi connectivity index (χ1n) is 7.58. The number of aryl methyl sites for hydroxylation is 1. The van der Waals surface area contributed by atoms with Crippen LogP contribution < -0.4 is 5.32 Å². The van der Waals surface area contributed by atoms with Gasteiger partial charge in [-0.1, -0.05) is 26.2 Å². The van der Waals surface area contributed by atoms with Crippen molar-refractivity contribution in [2.45, 2.75) is 71.5 Å². The molecule has 3 heteroatoms. The molecule has 0 bridgehead atoms. The van der Waals surface area contributed by atoms with E-state index in [9.17, 15) is 0 Å². The van der Waals surface area contributed by atoms with Crippen molar-refractivity contribution in [3.63, 3.8) is 0 Å². The molecule has 1 N–H and O–H groups in total. The van der Waals surface area contributed by atoms with Gasteiger partial charge < -0.3 is 5.32 Å². The molecule has 0 amide bonds. The van der Waals surface area contributed by atoms with Gasteiger partial charge in [-0.05, 0) is 32.1 Å². The Kier molecular flexibility index (Phi) is 5.24. The molecule has 102 valence electrons. The topological polar surface area (TPSA) is 29.9 Å². The van der Waals surface area contributed by atoms with Crippen LogP contribution in [0.2, 0.25) is 0 Å². The number of rotatable bonds is 6. The highest BCUT2D eigenvalue weighted by Gasteiger charge is 2.21. The minimum absolute atomic E-state index is 0.690. The second-order valence-electron chi connectivity index (χ2n) is 5.50. The van der Waals surface area contributed by atoms with Crippen LogP contribution in [0.15, 0.2) is 12.4 Å². The zero-order chi connectivity index (χ0) is 12.8. The van der Waals surface area contributed by atoms with Crippen LogP contribution in [0.5, 0.6) is 0 Å². The van der Waals surface area contributed by atoms with Gasteiger partial charge >= 0.3 is 0 Å². The van der Waals surface area contributed by atoms with Gasteiger partial charge in [0, 0.05) is 30.9 Å². The van der Waals surface area contributed by atoms with E-state index >= 15 is 0 Å². The Morgan fingerprint density at radius 3 is 2.72 bits per heavy atom. The summed E-state index contributed by atoms with van der Waals surface area (Å²) in [6, 6.07) is 0.690. The molecule has 1 aromatic heterocycles. The Bertz CT molecular complexity index is 339. The molecule has 1 aliphatic rings. The number of aromatic nitrogens is 2. The van der Waals surface area contributed by atoms with E-state index in [0.29, 0.717) is 6.04 Å². The summed E-state index contributed by atoms with van der Waals surface area (Å²) in [4.78, 5) is 0. The number of hydrogen-bond acceptors (Lipinski definition) is 2. The van der Waals surface area contributed by atoms with Crippen LogP contribution in [-0.4, -0.2) is 15.8 Å². The Labute approximate surface area is 111 Å². The lowest BCUT2D eigenvalue weighted by atomic mass is 9.83. The fourth-order valence-corrected chi connectivity index (χ4v) is 3.10. The molecule has 1 saturated carbocycles. The monoisotopic (exact) mass is 249 g/mol. The highest BCUT2D eigenvalue weighted by Crippen LogP contribution is 2.27. The Morgan fingerprint density at radius 1 is 1.33 bits per heavy atom. The fraction of sp³-hybridized carbons (Fsp3) is 0.800. The molecule has 0 radical (unpaired) electrons. The summed E-state index contributed by atoms with van der Waals surface area (Å²) >= 11 is 0. The lowest BCUT2D eigenvalue weighted by Gasteiger charge is -2.30. The quantitative estimate of drug-likeness (QED) is 0.838. The molecule has 0 aliphatic heterocycles. The van der Waals surface area contributed by atoms with E-state index in [4.69, 9.17) is 0 Å². The molecule has 3 nitrogen and oxygen atoms in total. The van der Waals surface area contributed by atoms with Gasteiger partial charge in [-0.2, -0.15) is 5.10 Å². The van der Waals surface area contributed by atoms with Crippen molar-refractivity contribution in [3.8, 4) is 0 Å². The zero-order valence-corrected chi connectivity index (χ0v) is 11.9. The molecule has 1 heterocycles. The van der Waals surface area contributed by atoms with Crippen LogP contribution in [0.4, 0.5) is 0 Å². The lowest BCUT2D eigenvalue weighted by Crippen LogP contribution is -2.36. The standard InChI is InChI=1S/C15H27N3/c1-3-15(14-8-6-5-7-9-14)16-10-13-11-17-18(4-2)12-13/h11-12,14-16H,3-10H2,1-2H3. The molecular formula is C15H27N3. The summed E-state index contributed by atoms with van der Waals surface area (Å²) in [7, 11) is 0. The summed E-state index contributed by atoms with van der Waals surface area (Å²) < 4.78 is 2.00. The summed E-state index contributed by atoms with van der Waals surface area (Å²) in [5, 5.41) is 8.07. The van der Waals surface area contributed by atoms with Gasteiger partial charge in [0.15, 0.2) is 0 Å². The van der Waals surface area contributed by atoms with Crippen LogP contribution in [0.25, 0.3) is 0 Å². The second kappa shape index (κ2) is 6.93. The average Bonchev–Trinajstić information content (AvgIpc) is 2.89. The van der Waals surface area contributed by atoms with Gasteiger partial charge in [0.05, 0.1) is 6.20 Å². The Balaban J connectivity index is 1.82. The van der Waals surface area contributed by atoms with E-state index in [1.54, 1.807) is 0 Å². The van der Waals surface area contributed by atoms with Crippen molar-refractivity contribution in [3.05, 3.63) is 18.0 Å². The normalized spacial score (nSPS) is 19.0. The van der Waals surface area contributed by atoms with Crippen LogP contribution >= 0.6 is 0 Å². The molecule has 1 fully saturated rings.